The number of carboxylic acid groups (broad SMARTS) is 1. The van der Waals surface area contributed by atoms with Crippen LogP contribution in [0.25, 0.3) is 0 Å². The summed E-state index contributed by atoms with van der Waals surface area (Å²) in [5.41, 5.74) is 5.24. The number of ether oxygens (including phenoxy) is 1. The Hall–Kier alpha value is -0.610. The molecule has 0 aromatic rings. The van der Waals surface area contributed by atoms with E-state index in [0.717, 1.165) is 0 Å². The zero-order valence-electron chi connectivity index (χ0n) is 7.41. The molecule has 0 aromatic heterocycles. The second-order valence-corrected chi connectivity index (χ2v) is 3.70. The van der Waals surface area contributed by atoms with Crippen molar-refractivity contribution in [2.24, 2.45) is 17.1 Å². The lowest BCUT2D eigenvalue weighted by Crippen LogP contribution is -2.61. The molecule has 70 valence electrons. The molecule has 1 saturated heterocycles. The normalized spacial score (nSPS) is 23.3. The van der Waals surface area contributed by atoms with Crippen molar-refractivity contribution < 1.29 is 14.6 Å². The largest absolute Gasteiger partial charge is 0.480 e. The summed E-state index contributed by atoms with van der Waals surface area (Å²) >= 11 is 0. The van der Waals surface area contributed by atoms with Crippen LogP contribution in [0.4, 0.5) is 0 Å². The number of carbonyl (C=O) groups is 1. The maximum Gasteiger partial charge on any atom is 0.321 e. The van der Waals surface area contributed by atoms with Crippen LogP contribution in [0.15, 0.2) is 0 Å². The minimum atomic E-state index is -0.938. The molecular formula is C8H15NO3. The van der Waals surface area contributed by atoms with Crippen molar-refractivity contribution in [3.8, 4) is 0 Å². The molecule has 0 aliphatic carbocycles. The molecule has 0 aromatic carbocycles. The number of hydrogen-bond donors (Lipinski definition) is 2. The summed E-state index contributed by atoms with van der Waals surface area (Å²) in [6, 6.07) is -0.800. The van der Waals surface area contributed by atoms with Crippen molar-refractivity contribution in [3.63, 3.8) is 0 Å². The van der Waals surface area contributed by atoms with Gasteiger partial charge in [-0.2, -0.15) is 0 Å². The molecule has 0 radical (unpaired) electrons. The number of rotatable bonds is 3. The zero-order valence-corrected chi connectivity index (χ0v) is 7.41. The van der Waals surface area contributed by atoms with Crippen LogP contribution >= 0.6 is 0 Å². The molecule has 1 heterocycles. The standard InChI is InChI=1S/C8H15NO3/c1-5(2)8(3-12-4-8)6(9)7(10)11/h5-6H,3-4,9H2,1-2H3,(H,10,11). The second-order valence-electron chi connectivity index (χ2n) is 3.70. The molecule has 1 fully saturated rings. The van der Waals surface area contributed by atoms with E-state index in [0.29, 0.717) is 13.2 Å². The number of nitrogens with two attached hydrogens (primary N) is 1. The lowest BCUT2D eigenvalue weighted by molar-refractivity contribution is -0.174. The zero-order chi connectivity index (χ0) is 9.35. The molecule has 1 aliphatic heterocycles. The molecule has 0 bridgehead atoms. The van der Waals surface area contributed by atoms with Crippen molar-refractivity contribution in [1.82, 2.24) is 0 Å². The first kappa shape index (κ1) is 9.48. The van der Waals surface area contributed by atoms with Crippen molar-refractivity contribution in [1.29, 1.82) is 0 Å². The average molecular weight is 173 g/mol. The van der Waals surface area contributed by atoms with Gasteiger partial charge in [0.1, 0.15) is 6.04 Å². The SMILES string of the molecule is CC(C)C1(C(N)C(=O)O)COC1. The lowest BCUT2D eigenvalue weighted by atomic mass is 9.70. The molecular weight excluding hydrogens is 158 g/mol. The van der Waals surface area contributed by atoms with Gasteiger partial charge in [-0.25, -0.2) is 0 Å². The monoisotopic (exact) mass is 173 g/mol. The van der Waals surface area contributed by atoms with Crippen LogP contribution in [-0.2, 0) is 9.53 Å². The van der Waals surface area contributed by atoms with Gasteiger partial charge < -0.3 is 15.6 Å². The van der Waals surface area contributed by atoms with E-state index in [1.54, 1.807) is 0 Å². The molecule has 1 aliphatic rings. The number of aliphatic carboxylic acids is 1. The maximum atomic E-state index is 10.7. The van der Waals surface area contributed by atoms with E-state index >= 15 is 0 Å². The van der Waals surface area contributed by atoms with Gasteiger partial charge in [0.2, 0.25) is 0 Å². The molecule has 1 rings (SSSR count). The summed E-state index contributed by atoms with van der Waals surface area (Å²) in [6.45, 7) is 4.90. The third kappa shape index (κ3) is 1.21. The average Bonchev–Trinajstić information content (AvgIpc) is 1.83. The highest BCUT2D eigenvalue weighted by molar-refractivity contribution is 5.74. The van der Waals surface area contributed by atoms with Crippen molar-refractivity contribution in [3.05, 3.63) is 0 Å². The first-order valence-electron chi connectivity index (χ1n) is 4.07. The van der Waals surface area contributed by atoms with E-state index in [1.165, 1.54) is 0 Å². The van der Waals surface area contributed by atoms with Gasteiger partial charge in [-0.1, -0.05) is 13.8 Å². The highest BCUT2D eigenvalue weighted by Crippen LogP contribution is 2.38. The van der Waals surface area contributed by atoms with Gasteiger partial charge in [0, 0.05) is 5.41 Å². The van der Waals surface area contributed by atoms with Crippen LogP contribution in [0.1, 0.15) is 13.8 Å². The topological polar surface area (TPSA) is 72.6 Å². The Bertz CT molecular complexity index is 187. The molecule has 0 saturated carbocycles. The number of hydrogen-bond acceptors (Lipinski definition) is 3. The summed E-state index contributed by atoms with van der Waals surface area (Å²) < 4.78 is 5.03. The van der Waals surface area contributed by atoms with Crippen LogP contribution in [-0.4, -0.2) is 30.3 Å². The van der Waals surface area contributed by atoms with Crippen LogP contribution in [0.5, 0.6) is 0 Å². The minimum absolute atomic E-state index is 0.248. The summed E-state index contributed by atoms with van der Waals surface area (Å²) in [5.74, 6) is -0.690. The quantitative estimate of drug-likeness (QED) is 0.633. The van der Waals surface area contributed by atoms with E-state index in [4.69, 9.17) is 15.6 Å². The summed E-state index contributed by atoms with van der Waals surface area (Å²) in [5, 5.41) is 8.75. The fourth-order valence-corrected chi connectivity index (χ4v) is 1.46. The Labute approximate surface area is 71.7 Å². The fourth-order valence-electron chi connectivity index (χ4n) is 1.46. The van der Waals surface area contributed by atoms with Crippen molar-refractivity contribution in [2.75, 3.05) is 13.2 Å². The lowest BCUT2D eigenvalue weighted by Gasteiger charge is -2.47. The van der Waals surface area contributed by atoms with Crippen molar-refractivity contribution in [2.45, 2.75) is 19.9 Å². The smallest absolute Gasteiger partial charge is 0.321 e. The first-order chi connectivity index (χ1) is 5.50. The van der Waals surface area contributed by atoms with E-state index in [-0.39, 0.29) is 11.3 Å². The predicted octanol–water partition coefficient (Wildman–Crippen LogP) is 0.0709. The minimum Gasteiger partial charge on any atom is -0.480 e. The summed E-state index contributed by atoms with van der Waals surface area (Å²) in [4.78, 5) is 10.7. The van der Waals surface area contributed by atoms with Gasteiger partial charge >= 0.3 is 5.97 Å². The Morgan fingerprint density at radius 2 is 2.08 bits per heavy atom. The molecule has 4 heteroatoms. The van der Waals surface area contributed by atoms with Crippen LogP contribution in [0.2, 0.25) is 0 Å². The van der Waals surface area contributed by atoms with E-state index < -0.39 is 12.0 Å². The third-order valence-corrected chi connectivity index (χ3v) is 2.78. The molecule has 4 nitrogen and oxygen atoms in total. The van der Waals surface area contributed by atoms with E-state index in [1.807, 2.05) is 13.8 Å². The highest BCUT2D eigenvalue weighted by atomic mass is 16.5. The second kappa shape index (κ2) is 3.03. The molecule has 0 spiro atoms. The molecule has 3 N–H and O–H groups in total. The Morgan fingerprint density at radius 3 is 2.17 bits per heavy atom. The van der Waals surface area contributed by atoms with E-state index in [2.05, 4.69) is 0 Å². The van der Waals surface area contributed by atoms with E-state index in [9.17, 15) is 4.79 Å². The van der Waals surface area contributed by atoms with Gasteiger partial charge in [0.05, 0.1) is 13.2 Å². The Balaban J connectivity index is 2.73. The van der Waals surface area contributed by atoms with Crippen LogP contribution in [0.3, 0.4) is 0 Å². The van der Waals surface area contributed by atoms with Gasteiger partial charge in [0.25, 0.3) is 0 Å². The predicted molar refractivity (Wildman–Crippen MR) is 43.7 cm³/mol. The molecule has 12 heavy (non-hydrogen) atoms. The first-order valence-corrected chi connectivity index (χ1v) is 4.07. The van der Waals surface area contributed by atoms with Crippen molar-refractivity contribution >= 4 is 5.97 Å². The maximum absolute atomic E-state index is 10.7. The van der Waals surface area contributed by atoms with Gasteiger partial charge in [-0.15, -0.1) is 0 Å². The van der Waals surface area contributed by atoms with Crippen LogP contribution < -0.4 is 5.73 Å². The van der Waals surface area contributed by atoms with Gasteiger partial charge in [-0.05, 0) is 5.92 Å². The molecule has 1 unspecified atom stereocenters. The summed E-state index contributed by atoms with van der Waals surface area (Å²) in [7, 11) is 0. The fraction of sp³-hybridized carbons (Fsp3) is 0.875. The third-order valence-electron chi connectivity index (χ3n) is 2.78. The van der Waals surface area contributed by atoms with Crippen LogP contribution in [0, 0.1) is 11.3 Å². The number of carboxylic acids is 1. The Morgan fingerprint density at radius 1 is 1.58 bits per heavy atom. The highest BCUT2D eigenvalue weighted by Gasteiger charge is 2.49. The molecule has 1 atom stereocenters. The summed E-state index contributed by atoms with van der Waals surface area (Å²) in [6.07, 6.45) is 0. The Kier molecular flexibility index (Phi) is 2.39. The van der Waals surface area contributed by atoms with Gasteiger partial charge in [-0.3, -0.25) is 4.79 Å². The van der Waals surface area contributed by atoms with Gasteiger partial charge in [0.15, 0.2) is 0 Å². The molecule has 0 amide bonds.